The van der Waals surface area contributed by atoms with Gasteiger partial charge in [0.05, 0.1) is 0 Å². The minimum absolute atomic E-state index is 0.581. The van der Waals surface area contributed by atoms with Crippen molar-refractivity contribution in [1.82, 2.24) is 9.97 Å². The van der Waals surface area contributed by atoms with Gasteiger partial charge in [-0.3, -0.25) is 0 Å². The van der Waals surface area contributed by atoms with Gasteiger partial charge in [0.15, 0.2) is 0 Å². The molecule has 1 aliphatic rings. The average molecular weight is 270 g/mol. The first-order valence-corrected chi connectivity index (χ1v) is 6.32. The fraction of sp³-hybridized carbons (Fsp3) is 0.636. The maximum Gasteiger partial charge on any atom is 0.132 e. The number of hydrogen-bond donors (Lipinski definition) is 0. The number of aromatic nitrogens is 2. The molecule has 2 heterocycles. The highest BCUT2D eigenvalue weighted by Gasteiger charge is 2.28. The fourth-order valence-corrected chi connectivity index (χ4v) is 2.38. The molecule has 15 heavy (non-hydrogen) atoms. The van der Waals surface area contributed by atoms with Gasteiger partial charge in [0.25, 0.3) is 0 Å². The van der Waals surface area contributed by atoms with Crippen LogP contribution in [-0.4, -0.2) is 27.9 Å². The first-order chi connectivity index (χ1) is 7.20. The van der Waals surface area contributed by atoms with Gasteiger partial charge in [-0.2, -0.15) is 0 Å². The third-order valence-corrected chi connectivity index (χ3v) is 4.11. The lowest BCUT2D eigenvalue weighted by Gasteiger charge is -2.16. The zero-order chi connectivity index (χ0) is 10.8. The van der Waals surface area contributed by atoms with Gasteiger partial charge in [-0.15, -0.1) is 0 Å². The molecule has 82 valence electrons. The molecule has 4 heteroatoms. The summed E-state index contributed by atoms with van der Waals surface area (Å²) < 4.78 is 0. The SMILES string of the molecule is CCc1cc(N2CC(C)C(Br)C2)ncn1. The number of nitrogens with zero attached hydrogens (tertiary/aromatic N) is 3. The number of rotatable bonds is 2. The molecular weight excluding hydrogens is 254 g/mol. The van der Waals surface area contributed by atoms with E-state index >= 15 is 0 Å². The minimum Gasteiger partial charge on any atom is -0.355 e. The van der Waals surface area contributed by atoms with Crippen LogP contribution in [0.25, 0.3) is 0 Å². The molecule has 2 unspecified atom stereocenters. The number of aryl methyl sites for hydroxylation is 1. The quantitative estimate of drug-likeness (QED) is 0.772. The average Bonchev–Trinajstić information content (AvgIpc) is 2.59. The normalized spacial score (nSPS) is 25.9. The lowest BCUT2D eigenvalue weighted by atomic mass is 10.2. The van der Waals surface area contributed by atoms with Crippen LogP contribution in [0.2, 0.25) is 0 Å². The van der Waals surface area contributed by atoms with Gasteiger partial charge >= 0.3 is 0 Å². The summed E-state index contributed by atoms with van der Waals surface area (Å²) in [6.45, 7) is 6.50. The van der Waals surface area contributed by atoms with E-state index in [1.165, 1.54) is 0 Å². The summed E-state index contributed by atoms with van der Waals surface area (Å²) in [6.07, 6.45) is 2.64. The van der Waals surface area contributed by atoms with Gasteiger partial charge in [-0.25, -0.2) is 9.97 Å². The van der Waals surface area contributed by atoms with E-state index in [1.54, 1.807) is 6.33 Å². The Labute approximate surface area is 99.0 Å². The Kier molecular flexibility index (Phi) is 3.24. The lowest BCUT2D eigenvalue weighted by Crippen LogP contribution is -2.21. The van der Waals surface area contributed by atoms with Crippen LogP contribution in [0.5, 0.6) is 0 Å². The summed E-state index contributed by atoms with van der Waals surface area (Å²) in [6, 6.07) is 2.10. The zero-order valence-corrected chi connectivity index (χ0v) is 10.7. The molecule has 0 radical (unpaired) electrons. The van der Waals surface area contributed by atoms with Crippen molar-refractivity contribution >= 4 is 21.7 Å². The third kappa shape index (κ3) is 2.30. The number of alkyl halides is 1. The Balaban J connectivity index is 2.16. The van der Waals surface area contributed by atoms with Crippen LogP contribution in [0.3, 0.4) is 0 Å². The van der Waals surface area contributed by atoms with E-state index < -0.39 is 0 Å². The van der Waals surface area contributed by atoms with E-state index in [9.17, 15) is 0 Å². The van der Waals surface area contributed by atoms with Gasteiger partial charge in [0.2, 0.25) is 0 Å². The second-order valence-electron chi connectivity index (χ2n) is 4.12. The Morgan fingerprint density at radius 1 is 1.47 bits per heavy atom. The number of hydrogen-bond acceptors (Lipinski definition) is 3. The molecule has 0 saturated carbocycles. The topological polar surface area (TPSA) is 29.0 Å². The summed E-state index contributed by atoms with van der Waals surface area (Å²) in [5, 5.41) is 0. The highest BCUT2D eigenvalue weighted by molar-refractivity contribution is 9.09. The van der Waals surface area contributed by atoms with Crippen molar-refractivity contribution in [3.63, 3.8) is 0 Å². The zero-order valence-electron chi connectivity index (χ0n) is 9.15. The van der Waals surface area contributed by atoms with Crippen molar-refractivity contribution in [2.24, 2.45) is 5.92 Å². The van der Waals surface area contributed by atoms with E-state index in [-0.39, 0.29) is 0 Å². The van der Waals surface area contributed by atoms with Crippen LogP contribution in [0.4, 0.5) is 5.82 Å². The second-order valence-corrected chi connectivity index (χ2v) is 5.30. The highest BCUT2D eigenvalue weighted by atomic mass is 79.9. The molecule has 2 atom stereocenters. The predicted molar refractivity (Wildman–Crippen MR) is 65.5 cm³/mol. The molecule has 1 aromatic heterocycles. The minimum atomic E-state index is 0.581. The first kappa shape index (κ1) is 10.9. The van der Waals surface area contributed by atoms with E-state index in [1.807, 2.05) is 0 Å². The smallest absolute Gasteiger partial charge is 0.132 e. The van der Waals surface area contributed by atoms with Gasteiger partial charge < -0.3 is 4.90 Å². The van der Waals surface area contributed by atoms with Crippen LogP contribution in [0, 0.1) is 5.92 Å². The first-order valence-electron chi connectivity index (χ1n) is 5.40. The molecule has 1 saturated heterocycles. The molecule has 2 rings (SSSR count). The molecule has 0 aromatic carbocycles. The molecule has 1 aliphatic heterocycles. The Morgan fingerprint density at radius 3 is 2.87 bits per heavy atom. The van der Waals surface area contributed by atoms with Gasteiger partial charge in [0, 0.05) is 29.7 Å². The highest BCUT2D eigenvalue weighted by Crippen LogP contribution is 2.26. The molecule has 1 fully saturated rings. The monoisotopic (exact) mass is 269 g/mol. The molecule has 3 nitrogen and oxygen atoms in total. The maximum absolute atomic E-state index is 4.33. The van der Waals surface area contributed by atoms with Crippen molar-refractivity contribution in [2.75, 3.05) is 18.0 Å². The second kappa shape index (κ2) is 4.47. The molecule has 0 aliphatic carbocycles. The summed E-state index contributed by atoms with van der Waals surface area (Å²) in [4.78, 5) is 11.5. The summed E-state index contributed by atoms with van der Waals surface area (Å²) in [5.41, 5.74) is 1.12. The molecule has 0 spiro atoms. The van der Waals surface area contributed by atoms with Crippen molar-refractivity contribution in [3.05, 3.63) is 18.1 Å². The van der Waals surface area contributed by atoms with E-state index in [4.69, 9.17) is 0 Å². The van der Waals surface area contributed by atoms with Crippen LogP contribution >= 0.6 is 15.9 Å². The van der Waals surface area contributed by atoms with Gasteiger partial charge in [0.1, 0.15) is 12.1 Å². The molecule has 0 bridgehead atoms. The van der Waals surface area contributed by atoms with Crippen molar-refractivity contribution in [1.29, 1.82) is 0 Å². The van der Waals surface area contributed by atoms with Crippen molar-refractivity contribution in [2.45, 2.75) is 25.1 Å². The van der Waals surface area contributed by atoms with E-state index in [2.05, 4.69) is 50.7 Å². The summed E-state index contributed by atoms with van der Waals surface area (Å²) in [5.74, 6) is 1.75. The summed E-state index contributed by atoms with van der Waals surface area (Å²) in [7, 11) is 0. The predicted octanol–water partition coefficient (Wildman–Crippen LogP) is 2.26. The fourth-order valence-electron chi connectivity index (χ4n) is 1.87. The maximum atomic E-state index is 4.33. The van der Waals surface area contributed by atoms with Gasteiger partial charge in [-0.05, 0) is 12.3 Å². The Morgan fingerprint density at radius 2 is 2.27 bits per heavy atom. The lowest BCUT2D eigenvalue weighted by molar-refractivity contribution is 0.679. The van der Waals surface area contributed by atoms with Crippen molar-refractivity contribution < 1.29 is 0 Å². The molecule has 1 aromatic rings. The number of halogens is 1. The molecule has 0 N–H and O–H groups in total. The molecule has 0 amide bonds. The van der Waals surface area contributed by atoms with Crippen LogP contribution in [-0.2, 0) is 6.42 Å². The largest absolute Gasteiger partial charge is 0.355 e. The Hall–Kier alpha value is -0.640. The standard InChI is InChI=1S/C11H16BrN3/c1-3-9-4-11(14-7-13-9)15-5-8(2)10(12)6-15/h4,7-8,10H,3,5-6H2,1-2H3. The van der Waals surface area contributed by atoms with E-state index in [0.29, 0.717) is 10.7 Å². The van der Waals surface area contributed by atoms with Crippen LogP contribution in [0.1, 0.15) is 19.5 Å². The van der Waals surface area contributed by atoms with Crippen molar-refractivity contribution in [3.8, 4) is 0 Å². The van der Waals surface area contributed by atoms with E-state index in [0.717, 1.165) is 31.0 Å². The Bertz CT molecular complexity index is 332. The summed E-state index contributed by atoms with van der Waals surface area (Å²) >= 11 is 3.69. The van der Waals surface area contributed by atoms with Gasteiger partial charge in [-0.1, -0.05) is 29.8 Å². The third-order valence-electron chi connectivity index (χ3n) is 2.92. The van der Waals surface area contributed by atoms with Crippen LogP contribution < -0.4 is 4.90 Å². The number of anilines is 1. The molecular formula is C11H16BrN3. The van der Waals surface area contributed by atoms with Crippen LogP contribution in [0.15, 0.2) is 12.4 Å².